The monoisotopic (exact) mass is 288 g/mol. The topological polar surface area (TPSA) is 105 Å². The van der Waals surface area contributed by atoms with E-state index in [0.29, 0.717) is 22.0 Å². The molecule has 0 unspecified atom stereocenters. The lowest BCUT2D eigenvalue weighted by molar-refractivity contribution is -0.383. The number of nitro groups is 1. The van der Waals surface area contributed by atoms with Gasteiger partial charge in [0.15, 0.2) is 0 Å². The van der Waals surface area contributed by atoms with E-state index in [0.717, 1.165) is 0 Å². The number of nitrogen functional groups attached to an aromatic ring is 1. The van der Waals surface area contributed by atoms with Crippen molar-refractivity contribution in [3.05, 3.63) is 57.1 Å². The molecule has 6 nitrogen and oxygen atoms in total. The highest BCUT2D eigenvalue weighted by molar-refractivity contribution is 6.32. The number of halogens is 1. The van der Waals surface area contributed by atoms with Crippen LogP contribution in [0.3, 0.4) is 0 Å². The molecular weight excluding hydrogens is 280 g/mol. The van der Waals surface area contributed by atoms with Gasteiger partial charge >= 0.3 is 0 Å². The summed E-state index contributed by atoms with van der Waals surface area (Å²) in [4.78, 5) is 10.1. The maximum absolute atomic E-state index is 10.7. The predicted octanol–water partition coefficient (Wildman–Crippen LogP) is 3.45. The Morgan fingerprint density at radius 3 is 2.45 bits per heavy atom. The van der Waals surface area contributed by atoms with E-state index in [1.807, 2.05) is 6.07 Å². The predicted molar refractivity (Wildman–Crippen MR) is 77.0 cm³/mol. The molecule has 0 amide bonds. The highest BCUT2D eigenvalue weighted by atomic mass is 35.5. The molecule has 3 N–H and O–H groups in total. The standard InChI is InChI=1S/C13H9ClN4O2/c14-11-5-9(2-1-8(11)7-15)17-10-3-4-13(18(19)20)12(16)6-10/h1-6,17H,16H2. The first kappa shape index (κ1) is 13.6. The fourth-order valence-corrected chi connectivity index (χ4v) is 1.87. The number of hydrogen-bond acceptors (Lipinski definition) is 5. The van der Waals surface area contributed by atoms with Crippen LogP contribution in [0.1, 0.15) is 5.56 Å². The Bertz CT molecular complexity index is 725. The maximum atomic E-state index is 10.7. The minimum absolute atomic E-state index is 0.0692. The van der Waals surface area contributed by atoms with E-state index in [1.165, 1.54) is 12.1 Å². The van der Waals surface area contributed by atoms with Gasteiger partial charge in [-0.1, -0.05) is 11.6 Å². The van der Waals surface area contributed by atoms with Gasteiger partial charge < -0.3 is 11.1 Å². The summed E-state index contributed by atoms with van der Waals surface area (Å²) >= 11 is 5.92. The number of hydrogen-bond donors (Lipinski definition) is 2. The molecule has 0 aliphatic rings. The zero-order chi connectivity index (χ0) is 14.7. The Morgan fingerprint density at radius 1 is 1.25 bits per heavy atom. The van der Waals surface area contributed by atoms with Crippen LogP contribution < -0.4 is 11.1 Å². The van der Waals surface area contributed by atoms with E-state index in [2.05, 4.69) is 5.32 Å². The lowest BCUT2D eigenvalue weighted by Crippen LogP contribution is -1.97. The fourth-order valence-electron chi connectivity index (χ4n) is 1.65. The Labute approximate surface area is 119 Å². The van der Waals surface area contributed by atoms with Crippen LogP contribution in [0.15, 0.2) is 36.4 Å². The molecule has 0 aliphatic carbocycles. The number of nitrogens with zero attached hydrogens (tertiary/aromatic N) is 2. The summed E-state index contributed by atoms with van der Waals surface area (Å²) in [5.74, 6) is 0. The number of rotatable bonds is 3. The number of nitriles is 1. The van der Waals surface area contributed by atoms with Gasteiger partial charge in [0.05, 0.1) is 15.5 Å². The molecule has 0 radical (unpaired) electrons. The Kier molecular flexibility index (Phi) is 3.73. The number of nitrogens with one attached hydrogen (secondary N) is 1. The van der Waals surface area contributed by atoms with Crippen LogP contribution in [-0.4, -0.2) is 4.92 Å². The van der Waals surface area contributed by atoms with Crippen molar-refractivity contribution in [2.24, 2.45) is 0 Å². The average molecular weight is 289 g/mol. The van der Waals surface area contributed by atoms with Crippen molar-refractivity contribution in [3.63, 3.8) is 0 Å². The van der Waals surface area contributed by atoms with Crippen molar-refractivity contribution in [3.8, 4) is 6.07 Å². The zero-order valence-corrected chi connectivity index (χ0v) is 10.9. The summed E-state index contributed by atoms with van der Waals surface area (Å²) in [5, 5.41) is 22.8. The first-order valence-corrected chi connectivity index (χ1v) is 5.89. The molecule has 20 heavy (non-hydrogen) atoms. The fraction of sp³-hybridized carbons (Fsp3) is 0. The van der Waals surface area contributed by atoms with Crippen molar-refractivity contribution >= 4 is 34.4 Å². The third kappa shape index (κ3) is 2.79. The summed E-state index contributed by atoms with van der Waals surface area (Å²) in [6, 6.07) is 11.1. The Hall–Kier alpha value is -2.78. The molecule has 2 aromatic carbocycles. The quantitative estimate of drug-likeness (QED) is 0.511. The molecule has 0 spiro atoms. The lowest BCUT2D eigenvalue weighted by Gasteiger charge is -2.08. The molecule has 7 heteroatoms. The van der Waals surface area contributed by atoms with Crippen LogP contribution in [0, 0.1) is 21.4 Å². The van der Waals surface area contributed by atoms with E-state index < -0.39 is 4.92 Å². The van der Waals surface area contributed by atoms with Crippen molar-refractivity contribution in [1.82, 2.24) is 0 Å². The van der Waals surface area contributed by atoms with Crippen molar-refractivity contribution in [2.45, 2.75) is 0 Å². The van der Waals surface area contributed by atoms with Gasteiger partial charge in [0, 0.05) is 17.4 Å². The molecular formula is C13H9ClN4O2. The normalized spacial score (nSPS) is 9.80. The number of anilines is 3. The van der Waals surface area contributed by atoms with Gasteiger partial charge in [-0.05, 0) is 30.3 Å². The minimum Gasteiger partial charge on any atom is -0.393 e. The molecule has 0 aliphatic heterocycles. The summed E-state index contributed by atoms with van der Waals surface area (Å²) in [5.41, 5.74) is 7.15. The second kappa shape index (κ2) is 5.47. The van der Waals surface area contributed by atoms with E-state index in [1.54, 1.807) is 24.3 Å². The molecule has 100 valence electrons. The van der Waals surface area contributed by atoms with Gasteiger partial charge in [0.1, 0.15) is 11.8 Å². The lowest BCUT2D eigenvalue weighted by atomic mass is 10.2. The summed E-state index contributed by atoms with van der Waals surface area (Å²) in [7, 11) is 0. The van der Waals surface area contributed by atoms with Crippen molar-refractivity contribution in [2.75, 3.05) is 11.1 Å². The van der Waals surface area contributed by atoms with E-state index in [-0.39, 0.29) is 11.4 Å². The van der Waals surface area contributed by atoms with Crippen LogP contribution in [0.2, 0.25) is 5.02 Å². The zero-order valence-electron chi connectivity index (χ0n) is 10.1. The molecule has 0 heterocycles. The molecule has 0 saturated heterocycles. The van der Waals surface area contributed by atoms with E-state index in [4.69, 9.17) is 22.6 Å². The van der Waals surface area contributed by atoms with Crippen LogP contribution in [0.25, 0.3) is 0 Å². The van der Waals surface area contributed by atoms with Gasteiger partial charge in [-0.3, -0.25) is 10.1 Å². The van der Waals surface area contributed by atoms with E-state index >= 15 is 0 Å². The third-order valence-corrected chi connectivity index (χ3v) is 2.92. The molecule has 0 atom stereocenters. The molecule has 2 rings (SSSR count). The highest BCUT2D eigenvalue weighted by Crippen LogP contribution is 2.28. The maximum Gasteiger partial charge on any atom is 0.292 e. The Balaban J connectivity index is 2.27. The van der Waals surface area contributed by atoms with Crippen LogP contribution >= 0.6 is 11.6 Å². The van der Waals surface area contributed by atoms with Gasteiger partial charge in [0.2, 0.25) is 0 Å². The molecule has 0 fully saturated rings. The number of nitro benzene ring substituents is 1. The molecule has 0 saturated carbocycles. The van der Waals surface area contributed by atoms with Crippen LogP contribution in [0.5, 0.6) is 0 Å². The largest absolute Gasteiger partial charge is 0.393 e. The SMILES string of the molecule is N#Cc1ccc(Nc2ccc([N+](=O)[O-])c(N)c2)cc1Cl. The van der Waals surface area contributed by atoms with Gasteiger partial charge in [-0.2, -0.15) is 5.26 Å². The molecule has 2 aromatic rings. The van der Waals surface area contributed by atoms with Gasteiger partial charge in [0.25, 0.3) is 5.69 Å². The van der Waals surface area contributed by atoms with Crippen LogP contribution in [0.4, 0.5) is 22.7 Å². The van der Waals surface area contributed by atoms with E-state index in [9.17, 15) is 10.1 Å². The van der Waals surface area contributed by atoms with Crippen LogP contribution in [-0.2, 0) is 0 Å². The number of nitrogens with two attached hydrogens (primary N) is 1. The van der Waals surface area contributed by atoms with Crippen molar-refractivity contribution in [1.29, 1.82) is 5.26 Å². The highest BCUT2D eigenvalue weighted by Gasteiger charge is 2.11. The minimum atomic E-state index is -0.544. The average Bonchev–Trinajstić information content (AvgIpc) is 2.38. The summed E-state index contributed by atoms with van der Waals surface area (Å²) < 4.78 is 0. The summed E-state index contributed by atoms with van der Waals surface area (Å²) in [6.45, 7) is 0. The van der Waals surface area contributed by atoms with Gasteiger partial charge in [-0.25, -0.2) is 0 Å². The molecule has 0 aromatic heterocycles. The Morgan fingerprint density at radius 2 is 1.90 bits per heavy atom. The van der Waals surface area contributed by atoms with Crippen molar-refractivity contribution < 1.29 is 4.92 Å². The second-order valence-electron chi connectivity index (χ2n) is 3.96. The smallest absolute Gasteiger partial charge is 0.292 e. The van der Waals surface area contributed by atoms with Gasteiger partial charge in [-0.15, -0.1) is 0 Å². The molecule has 0 bridgehead atoms. The first-order chi connectivity index (χ1) is 9.51. The number of benzene rings is 2. The second-order valence-corrected chi connectivity index (χ2v) is 4.37. The third-order valence-electron chi connectivity index (χ3n) is 2.60. The first-order valence-electron chi connectivity index (χ1n) is 5.52. The summed E-state index contributed by atoms with van der Waals surface area (Å²) in [6.07, 6.45) is 0.